The molecule has 1 aliphatic rings. The van der Waals surface area contributed by atoms with Crippen LogP contribution in [0.5, 0.6) is 0 Å². The van der Waals surface area contributed by atoms with E-state index in [9.17, 15) is 13.2 Å². The lowest BCUT2D eigenvalue weighted by Gasteiger charge is -2.14. The fourth-order valence-corrected chi connectivity index (χ4v) is 2.44. The number of fused-ring (bicyclic) bond motifs is 1. The molecule has 2 heterocycles. The first-order valence-corrected chi connectivity index (χ1v) is 7.32. The molecule has 0 bridgehead atoms. The number of aliphatic imine (C=N–C) groups is 1. The first kappa shape index (κ1) is 16.4. The van der Waals surface area contributed by atoms with Gasteiger partial charge in [0.25, 0.3) is 0 Å². The molecule has 24 heavy (non-hydrogen) atoms. The Kier molecular flexibility index (Phi) is 4.23. The average molecular weight is 336 g/mol. The van der Waals surface area contributed by atoms with E-state index in [1.165, 1.54) is 12.4 Å². The molecule has 3 rings (SSSR count). The van der Waals surface area contributed by atoms with Crippen LogP contribution in [0.3, 0.4) is 0 Å². The van der Waals surface area contributed by atoms with Crippen molar-refractivity contribution in [1.29, 1.82) is 0 Å². The van der Waals surface area contributed by atoms with Gasteiger partial charge in [0.2, 0.25) is 5.95 Å². The van der Waals surface area contributed by atoms with Gasteiger partial charge in [-0.3, -0.25) is 4.99 Å². The van der Waals surface area contributed by atoms with Crippen molar-refractivity contribution in [3.8, 4) is 11.1 Å². The zero-order valence-electron chi connectivity index (χ0n) is 12.8. The number of halogens is 3. The van der Waals surface area contributed by atoms with E-state index >= 15 is 0 Å². The second kappa shape index (κ2) is 6.20. The molecule has 0 spiro atoms. The molecule has 0 radical (unpaired) electrons. The van der Waals surface area contributed by atoms with Crippen molar-refractivity contribution in [1.82, 2.24) is 9.97 Å². The maximum Gasteiger partial charge on any atom is 0.416 e. The number of nitrogens with one attached hydrogen (secondary N) is 1. The van der Waals surface area contributed by atoms with Crippen LogP contribution in [0.1, 0.15) is 23.6 Å². The molecule has 2 aromatic rings. The molecule has 1 aliphatic heterocycles. The number of aliphatic hydroxyl groups excluding tert-OH is 1. The number of nitrogens with zero attached hydrogens (tertiary/aromatic N) is 3. The molecule has 2 N–H and O–H groups in total. The lowest BCUT2D eigenvalue weighted by molar-refractivity contribution is -0.137. The number of alkyl halides is 3. The van der Waals surface area contributed by atoms with Gasteiger partial charge in [-0.1, -0.05) is 0 Å². The van der Waals surface area contributed by atoms with Gasteiger partial charge < -0.3 is 10.4 Å². The number of anilines is 1. The Balaban J connectivity index is 1.99. The van der Waals surface area contributed by atoms with Gasteiger partial charge in [0.1, 0.15) is 0 Å². The fourth-order valence-electron chi connectivity index (χ4n) is 2.44. The predicted octanol–water partition coefficient (Wildman–Crippen LogP) is 2.89. The average Bonchev–Trinajstić information content (AvgIpc) is 3.02. The molecule has 0 aliphatic carbocycles. The summed E-state index contributed by atoms with van der Waals surface area (Å²) in [5.74, 6) is 0.303. The van der Waals surface area contributed by atoms with E-state index in [2.05, 4.69) is 20.3 Å². The van der Waals surface area contributed by atoms with E-state index in [1.807, 2.05) is 0 Å². The Bertz CT molecular complexity index is 772. The Hall–Kier alpha value is -2.48. The molecular weight excluding hydrogens is 321 g/mol. The summed E-state index contributed by atoms with van der Waals surface area (Å²) in [5, 5.41) is 11.9. The summed E-state index contributed by atoms with van der Waals surface area (Å²) in [6.45, 7) is 1.91. The van der Waals surface area contributed by atoms with Crippen molar-refractivity contribution in [2.75, 3.05) is 11.9 Å². The van der Waals surface area contributed by atoms with Gasteiger partial charge in [-0.2, -0.15) is 13.2 Å². The second-order valence-corrected chi connectivity index (χ2v) is 5.59. The van der Waals surface area contributed by atoms with Crippen LogP contribution in [-0.2, 0) is 12.7 Å². The highest BCUT2D eigenvalue weighted by molar-refractivity contribution is 5.94. The summed E-state index contributed by atoms with van der Waals surface area (Å²) in [6, 6.07) is 2.00. The van der Waals surface area contributed by atoms with E-state index in [4.69, 9.17) is 5.11 Å². The lowest BCUT2D eigenvalue weighted by Crippen LogP contribution is -2.20. The Morgan fingerprint density at radius 2 is 1.96 bits per heavy atom. The molecule has 0 fully saturated rings. The summed E-state index contributed by atoms with van der Waals surface area (Å²) in [6.07, 6.45) is 0.0683. The maximum atomic E-state index is 13.1. The monoisotopic (exact) mass is 336 g/mol. The first-order chi connectivity index (χ1) is 11.4. The highest BCUT2D eigenvalue weighted by Crippen LogP contribution is 2.36. The van der Waals surface area contributed by atoms with Crippen LogP contribution in [0.2, 0.25) is 0 Å². The number of aromatic nitrogens is 2. The van der Waals surface area contributed by atoms with E-state index in [1.54, 1.807) is 13.1 Å². The molecule has 0 amide bonds. The van der Waals surface area contributed by atoms with Gasteiger partial charge in [0.05, 0.1) is 18.7 Å². The van der Waals surface area contributed by atoms with Crippen LogP contribution in [0.15, 0.2) is 29.5 Å². The SMILES string of the molecule is C[C@H](CO)Nc1ncc(-c2cc(C(F)(F)F)cc3c2C=NC3)cn1. The molecule has 1 aromatic heterocycles. The van der Waals surface area contributed by atoms with Gasteiger partial charge in [0, 0.05) is 35.8 Å². The minimum absolute atomic E-state index is 0.0806. The largest absolute Gasteiger partial charge is 0.416 e. The Morgan fingerprint density at radius 1 is 1.25 bits per heavy atom. The van der Waals surface area contributed by atoms with Gasteiger partial charge in [0.15, 0.2) is 0 Å². The van der Waals surface area contributed by atoms with Gasteiger partial charge in [-0.25, -0.2) is 9.97 Å². The normalized spacial score (nSPS) is 14.5. The third kappa shape index (κ3) is 3.23. The maximum absolute atomic E-state index is 13.1. The van der Waals surface area contributed by atoms with Crippen LogP contribution < -0.4 is 5.32 Å². The van der Waals surface area contributed by atoms with Crippen molar-refractivity contribution >= 4 is 12.2 Å². The minimum atomic E-state index is -4.43. The second-order valence-electron chi connectivity index (χ2n) is 5.59. The molecule has 0 saturated heterocycles. The van der Waals surface area contributed by atoms with Crippen molar-refractivity contribution in [3.63, 3.8) is 0 Å². The highest BCUT2D eigenvalue weighted by Gasteiger charge is 2.32. The Labute approximate surface area is 136 Å². The van der Waals surface area contributed by atoms with Crippen LogP contribution in [0.25, 0.3) is 11.1 Å². The van der Waals surface area contributed by atoms with Crippen LogP contribution in [0.4, 0.5) is 19.1 Å². The van der Waals surface area contributed by atoms with Crippen LogP contribution in [-0.4, -0.2) is 33.9 Å². The summed E-state index contributed by atoms with van der Waals surface area (Å²) in [7, 11) is 0. The Morgan fingerprint density at radius 3 is 2.58 bits per heavy atom. The number of benzene rings is 1. The lowest BCUT2D eigenvalue weighted by atomic mass is 9.95. The molecule has 126 valence electrons. The summed E-state index contributed by atoms with van der Waals surface area (Å²) in [4.78, 5) is 12.3. The molecule has 0 saturated carbocycles. The van der Waals surface area contributed by atoms with Gasteiger partial charge in [-0.05, 0) is 30.2 Å². The molecule has 1 atom stereocenters. The number of rotatable bonds is 4. The quantitative estimate of drug-likeness (QED) is 0.901. The smallest absolute Gasteiger partial charge is 0.394 e. The third-order valence-electron chi connectivity index (χ3n) is 3.69. The summed E-state index contributed by atoms with van der Waals surface area (Å²) >= 11 is 0. The van der Waals surface area contributed by atoms with E-state index < -0.39 is 11.7 Å². The van der Waals surface area contributed by atoms with Gasteiger partial charge >= 0.3 is 6.18 Å². The van der Waals surface area contributed by atoms with E-state index in [-0.39, 0.29) is 19.2 Å². The minimum Gasteiger partial charge on any atom is -0.394 e. The van der Waals surface area contributed by atoms with Crippen LogP contribution >= 0.6 is 0 Å². The molecule has 8 heteroatoms. The zero-order chi connectivity index (χ0) is 17.3. The first-order valence-electron chi connectivity index (χ1n) is 7.32. The van der Waals surface area contributed by atoms with E-state index in [0.29, 0.717) is 28.2 Å². The topological polar surface area (TPSA) is 70.4 Å². The molecular formula is C16H15F3N4O. The predicted molar refractivity (Wildman–Crippen MR) is 83.9 cm³/mol. The van der Waals surface area contributed by atoms with Crippen molar-refractivity contribution in [3.05, 3.63) is 41.2 Å². The fraction of sp³-hybridized carbons (Fsp3) is 0.312. The number of hydrogen-bond donors (Lipinski definition) is 2. The molecule has 1 aromatic carbocycles. The van der Waals surface area contributed by atoms with E-state index in [0.717, 1.165) is 12.1 Å². The van der Waals surface area contributed by atoms with Crippen molar-refractivity contribution < 1.29 is 18.3 Å². The number of aliphatic hydroxyl groups is 1. The zero-order valence-corrected chi connectivity index (χ0v) is 12.8. The molecule has 5 nitrogen and oxygen atoms in total. The summed E-state index contributed by atoms with van der Waals surface area (Å²) < 4.78 is 39.3. The summed E-state index contributed by atoms with van der Waals surface area (Å²) in [5.41, 5.74) is 1.38. The highest BCUT2D eigenvalue weighted by atomic mass is 19.4. The number of hydrogen-bond acceptors (Lipinski definition) is 5. The third-order valence-corrected chi connectivity index (χ3v) is 3.69. The molecule has 0 unspecified atom stereocenters. The van der Waals surface area contributed by atoms with Gasteiger partial charge in [-0.15, -0.1) is 0 Å². The van der Waals surface area contributed by atoms with Crippen molar-refractivity contribution in [2.45, 2.75) is 25.7 Å². The van der Waals surface area contributed by atoms with Crippen molar-refractivity contribution in [2.24, 2.45) is 4.99 Å². The standard InChI is InChI=1S/C16H15F3N4O/c1-9(8-24)23-15-21-5-11(6-22-15)13-3-12(16(17,18)19)2-10-4-20-7-14(10)13/h2-3,5-7,9,24H,4,8H2,1H3,(H,21,22,23)/t9-/m1/s1. The van der Waals surface area contributed by atoms with Crippen LogP contribution in [0, 0.1) is 0 Å².